The molecule has 124 valence electrons. The molecule has 22 heavy (non-hydrogen) atoms. The summed E-state index contributed by atoms with van der Waals surface area (Å²) in [6.45, 7) is 14.5. The highest BCUT2D eigenvalue weighted by Crippen LogP contribution is 2.39. The van der Waals surface area contributed by atoms with Gasteiger partial charge in [0.15, 0.2) is 5.70 Å². The molecule has 0 amide bonds. The molecule has 0 spiro atoms. The lowest BCUT2D eigenvalue weighted by Crippen LogP contribution is -2.60. The third kappa shape index (κ3) is 2.95. The minimum absolute atomic E-state index is 0.159. The molecule has 0 radical (unpaired) electrons. The van der Waals surface area contributed by atoms with Crippen LogP contribution in [0.2, 0.25) is 0 Å². The van der Waals surface area contributed by atoms with E-state index in [2.05, 4.69) is 44.6 Å². The lowest BCUT2D eigenvalue weighted by molar-refractivity contribution is -0.960. The van der Waals surface area contributed by atoms with Crippen molar-refractivity contribution in [3.8, 4) is 0 Å². The van der Waals surface area contributed by atoms with Crippen molar-refractivity contribution in [2.24, 2.45) is 5.10 Å². The molecule has 1 fully saturated rings. The monoisotopic (exact) mass is 310 g/mol. The summed E-state index contributed by atoms with van der Waals surface area (Å²) in [6, 6.07) is 0.171. The number of aliphatic carboxylic acids is 1. The van der Waals surface area contributed by atoms with E-state index < -0.39 is 5.97 Å². The first-order valence-corrected chi connectivity index (χ1v) is 7.92. The van der Waals surface area contributed by atoms with E-state index in [-0.39, 0.29) is 17.3 Å². The topological polar surface area (TPSA) is 62.1 Å². The van der Waals surface area contributed by atoms with Crippen LogP contribution in [0, 0.1) is 0 Å². The zero-order valence-electron chi connectivity index (χ0n) is 14.3. The predicted molar refractivity (Wildman–Crippen MR) is 85.6 cm³/mol. The van der Waals surface area contributed by atoms with Crippen LogP contribution in [0.4, 0.5) is 0 Å². The molecule has 1 unspecified atom stereocenters. The molecule has 2 aliphatic rings. The summed E-state index contributed by atoms with van der Waals surface area (Å²) in [6.07, 6.45) is 1.77. The van der Waals surface area contributed by atoms with E-state index >= 15 is 0 Å². The van der Waals surface area contributed by atoms with Crippen LogP contribution >= 0.6 is 0 Å². The van der Waals surface area contributed by atoms with Crippen LogP contribution in [0.1, 0.15) is 34.6 Å². The van der Waals surface area contributed by atoms with Crippen molar-refractivity contribution in [2.45, 2.75) is 46.2 Å². The number of hydrogen-bond donors (Lipinski definition) is 1. The van der Waals surface area contributed by atoms with Gasteiger partial charge in [-0.3, -0.25) is 4.90 Å². The first-order chi connectivity index (χ1) is 10.2. The van der Waals surface area contributed by atoms with Crippen LogP contribution in [0.5, 0.6) is 0 Å². The molecular formula is C16H28N3O3+. The Bertz CT molecular complexity index is 499. The third-order valence-electron chi connectivity index (χ3n) is 4.49. The maximum absolute atomic E-state index is 11.5. The molecular weight excluding hydrogens is 282 g/mol. The van der Waals surface area contributed by atoms with Crippen molar-refractivity contribution in [3.63, 3.8) is 0 Å². The third-order valence-corrected chi connectivity index (χ3v) is 4.49. The van der Waals surface area contributed by atoms with Crippen molar-refractivity contribution < 1.29 is 19.2 Å². The van der Waals surface area contributed by atoms with Crippen LogP contribution in [0.3, 0.4) is 0 Å². The zero-order valence-corrected chi connectivity index (χ0v) is 14.3. The highest BCUT2D eigenvalue weighted by atomic mass is 16.5. The van der Waals surface area contributed by atoms with E-state index in [1.165, 1.54) is 0 Å². The van der Waals surface area contributed by atoms with Gasteiger partial charge in [0.1, 0.15) is 11.6 Å². The molecule has 2 aliphatic heterocycles. The largest absolute Gasteiger partial charge is 0.476 e. The minimum atomic E-state index is -0.954. The molecule has 0 aromatic heterocycles. The van der Waals surface area contributed by atoms with Crippen LogP contribution in [0.25, 0.3) is 0 Å². The van der Waals surface area contributed by atoms with Gasteiger partial charge < -0.3 is 9.84 Å². The van der Waals surface area contributed by atoms with Crippen LogP contribution in [0.15, 0.2) is 16.9 Å². The molecule has 1 saturated heterocycles. The molecule has 0 aromatic rings. The number of carbonyl (C=O) groups is 1. The summed E-state index contributed by atoms with van der Waals surface area (Å²) >= 11 is 0. The fourth-order valence-corrected chi connectivity index (χ4v) is 3.57. The lowest BCUT2D eigenvalue weighted by Gasteiger charge is -2.46. The number of quaternary nitrogens is 1. The van der Waals surface area contributed by atoms with Crippen molar-refractivity contribution in [1.29, 1.82) is 0 Å². The number of ether oxygens (including phenoxy) is 1. The standard InChI is InChI=1S/C16H27N3O3/c1-12(2)19(16(3,4)5)13(10-14(17-19)15(20)21)11-18-6-8-22-9-7-18/h10,12H,6-9,11H2,1-5H3/p+1. The number of hydrogen-bond acceptors (Lipinski definition) is 4. The van der Waals surface area contributed by atoms with Gasteiger partial charge in [-0.2, -0.15) is 4.59 Å². The van der Waals surface area contributed by atoms with E-state index in [1.54, 1.807) is 6.08 Å². The van der Waals surface area contributed by atoms with Crippen molar-refractivity contribution in [1.82, 2.24) is 4.90 Å². The fraction of sp³-hybridized carbons (Fsp3) is 0.750. The lowest BCUT2D eigenvalue weighted by atomic mass is 10.00. The Hall–Kier alpha value is -1.24. The van der Waals surface area contributed by atoms with E-state index in [9.17, 15) is 9.90 Å². The molecule has 1 atom stereocenters. The smallest absolute Gasteiger partial charge is 0.360 e. The molecule has 0 aliphatic carbocycles. The number of nitrogens with zero attached hydrogens (tertiary/aromatic N) is 3. The maximum atomic E-state index is 11.5. The average Bonchev–Trinajstić information content (AvgIpc) is 2.80. The summed E-state index contributed by atoms with van der Waals surface area (Å²) in [7, 11) is 0. The number of morpholine rings is 1. The van der Waals surface area contributed by atoms with Gasteiger partial charge in [0, 0.05) is 19.2 Å². The normalized spacial score (nSPS) is 27.0. The fourth-order valence-electron chi connectivity index (χ4n) is 3.57. The zero-order chi connectivity index (χ0) is 16.5. The number of carboxylic acid groups (broad SMARTS) is 1. The highest BCUT2D eigenvalue weighted by Gasteiger charge is 2.52. The van der Waals surface area contributed by atoms with Gasteiger partial charge in [-0.1, -0.05) is 5.10 Å². The minimum Gasteiger partial charge on any atom is -0.476 e. The van der Waals surface area contributed by atoms with Crippen molar-refractivity contribution >= 4 is 11.7 Å². The Morgan fingerprint density at radius 2 is 2.00 bits per heavy atom. The van der Waals surface area contributed by atoms with Gasteiger partial charge in [0.2, 0.25) is 5.71 Å². The maximum Gasteiger partial charge on any atom is 0.360 e. The Kier molecular flexibility index (Phi) is 4.75. The van der Waals surface area contributed by atoms with Crippen LogP contribution in [-0.4, -0.2) is 70.7 Å². The van der Waals surface area contributed by atoms with E-state index in [0.29, 0.717) is 4.59 Å². The second-order valence-electron chi connectivity index (χ2n) is 7.26. The number of carboxylic acids is 1. The number of rotatable bonds is 4. The first-order valence-electron chi connectivity index (χ1n) is 7.92. The molecule has 0 saturated carbocycles. The summed E-state index contributed by atoms with van der Waals surface area (Å²) in [4.78, 5) is 13.8. The molecule has 0 bridgehead atoms. The van der Waals surface area contributed by atoms with Gasteiger partial charge in [0.25, 0.3) is 0 Å². The van der Waals surface area contributed by atoms with Gasteiger partial charge in [-0.25, -0.2) is 4.79 Å². The van der Waals surface area contributed by atoms with Gasteiger partial charge in [-0.05, 0) is 34.6 Å². The van der Waals surface area contributed by atoms with Gasteiger partial charge in [-0.15, -0.1) is 0 Å². The van der Waals surface area contributed by atoms with Crippen molar-refractivity contribution in [2.75, 3.05) is 32.8 Å². The molecule has 0 aromatic carbocycles. The highest BCUT2D eigenvalue weighted by molar-refractivity contribution is 6.40. The van der Waals surface area contributed by atoms with E-state index in [0.717, 1.165) is 38.5 Å². The van der Waals surface area contributed by atoms with Crippen molar-refractivity contribution in [3.05, 3.63) is 11.8 Å². The summed E-state index contributed by atoms with van der Waals surface area (Å²) in [5.74, 6) is -0.954. The average molecular weight is 310 g/mol. The molecule has 2 heterocycles. The Morgan fingerprint density at radius 1 is 1.41 bits per heavy atom. The molecule has 2 rings (SSSR count). The molecule has 6 heteroatoms. The summed E-state index contributed by atoms with van der Waals surface area (Å²) < 4.78 is 5.75. The Morgan fingerprint density at radius 3 is 2.45 bits per heavy atom. The quantitative estimate of drug-likeness (QED) is 0.803. The predicted octanol–water partition coefficient (Wildman–Crippen LogP) is 1.68. The summed E-state index contributed by atoms with van der Waals surface area (Å²) in [5.41, 5.74) is 1.01. The Labute approximate surface area is 132 Å². The second kappa shape index (κ2) is 6.10. The van der Waals surface area contributed by atoms with Gasteiger partial charge >= 0.3 is 5.97 Å². The SMILES string of the molecule is CC(C)[N+]1(C(C)(C)C)N=C(C(=O)O)C=C1CN1CCOCC1. The van der Waals surface area contributed by atoms with Gasteiger partial charge in [0.05, 0.1) is 19.8 Å². The second-order valence-corrected chi connectivity index (χ2v) is 7.26. The molecule has 6 nitrogen and oxygen atoms in total. The van der Waals surface area contributed by atoms with Crippen LogP contribution < -0.4 is 0 Å². The van der Waals surface area contributed by atoms with Crippen LogP contribution in [-0.2, 0) is 9.53 Å². The Balaban J connectivity index is 2.38. The van der Waals surface area contributed by atoms with E-state index in [1.807, 2.05) is 0 Å². The first kappa shape index (κ1) is 17.1. The van der Waals surface area contributed by atoms with E-state index in [4.69, 9.17) is 4.74 Å². The molecule has 1 N–H and O–H groups in total. The summed E-state index contributed by atoms with van der Waals surface area (Å²) in [5, 5.41) is 14.0.